The second-order valence-corrected chi connectivity index (χ2v) is 3.98. The average molecular weight is 276 g/mol. The van der Waals surface area contributed by atoms with Gasteiger partial charge in [0.2, 0.25) is 0 Å². The van der Waals surface area contributed by atoms with Gasteiger partial charge in [0.05, 0.1) is 0 Å². The highest BCUT2D eigenvalue weighted by Gasteiger charge is 2.07. The molecule has 0 aliphatic carbocycles. The molecule has 1 aromatic rings. The van der Waals surface area contributed by atoms with E-state index < -0.39 is 24.5 Å². The van der Waals surface area contributed by atoms with E-state index in [2.05, 4.69) is 10.1 Å². The van der Waals surface area contributed by atoms with Gasteiger partial charge in [0.1, 0.15) is 0 Å². The van der Waals surface area contributed by atoms with Crippen LogP contribution in [0.3, 0.4) is 0 Å². The number of ether oxygens (including phenoxy) is 1. The fourth-order valence-electron chi connectivity index (χ4n) is 1.35. The molecule has 3 amide bonds. The summed E-state index contributed by atoms with van der Waals surface area (Å²) in [7, 11) is 1.37. The van der Waals surface area contributed by atoms with Crippen LogP contribution in [0, 0.1) is 6.92 Å². The highest BCUT2D eigenvalue weighted by molar-refractivity contribution is 5.96. The van der Waals surface area contributed by atoms with Crippen molar-refractivity contribution in [1.82, 2.24) is 10.6 Å². The molecule has 0 aliphatic heterocycles. The fraction of sp³-hybridized carbons (Fsp3) is 0.214. The van der Waals surface area contributed by atoms with Crippen molar-refractivity contribution in [3.05, 3.63) is 41.5 Å². The summed E-state index contributed by atoms with van der Waals surface area (Å²) in [6.07, 6.45) is 2.81. The van der Waals surface area contributed by atoms with E-state index in [1.54, 1.807) is 6.08 Å². The van der Waals surface area contributed by atoms with Crippen LogP contribution < -0.4 is 10.6 Å². The second-order valence-electron chi connectivity index (χ2n) is 3.98. The van der Waals surface area contributed by atoms with Crippen molar-refractivity contribution in [2.45, 2.75) is 6.92 Å². The molecule has 0 saturated heterocycles. The molecular formula is C14H16N2O4. The molecule has 0 aliphatic rings. The molecule has 0 saturated carbocycles. The maximum atomic E-state index is 11.4. The highest BCUT2D eigenvalue weighted by atomic mass is 16.5. The van der Waals surface area contributed by atoms with Gasteiger partial charge in [-0.25, -0.2) is 9.59 Å². The average Bonchev–Trinajstić information content (AvgIpc) is 2.42. The summed E-state index contributed by atoms with van der Waals surface area (Å²) < 4.78 is 4.68. The van der Waals surface area contributed by atoms with Gasteiger partial charge in [0.25, 0.3) is 5.91 Å². The van der Waals surface area contributed by atoms with E-state index in [-0.39, 0.29) is 0 Å². The van der Waals surface area contributed by atoms with E-state index in [4.69, 9.17) is 0 Å². The van der Waals surface area contributed by atoms with Gasteiger partial charge in [0.15, 0.2) is 6.61 Å². The van der Waals surface area contributed by atoms with Crippen molar-refractivity contribution in [3.63, 3.8) is 0 Å². The molecule has 6 nitrogen and oxygen atoms in total. The summed E-state index contributed by atoms with van der Waals surface area (Å²) in [5.74, 6) is -1.35. The normalized spacial score (nSPS) is 10.1. The first-order valence-electron chi connectivity index (χ1n) is 5.94. The number of imide groups is 1. The van der Waals surface area contributed by atoms with Crippen LogP contribution in [0.1, 0.15) is 11.1 Å². The molecule has 6 heteroatoms. The Labute approximate surface area is 116 Å². The zero-order valence-corrected chi connectivity index (χ0v) is 11.3. The lowest BCUT2D eigenvalue weighted by Crippen LogP contribution is -2.39. The van der Waals surface area contributed by atoms with Crippen LogP contribution in [0.5, 0.6) is 0 Å². The van der Waals surface area contributed by atoms with E-state index in [9.17, 15) is 14.4 Å². The van der Waals surface area contributed by atoms with Gasteiger partial charge in [-0.15, -0.1) is 0 Å². The standard InChI is InChI=1S/C14H16N2O4/c1-10-4-3-5-11(8-10)6-7-13(18)20-9-12(17)16-14(19)15-2/h3-8H,9H2,1-2H3,(H2,15,16,17,19)/b7-6+. The number of hydrogen-bond acceptors (Lipinski definition) is 4. The van der Waals surface area contributed by atoms with E-state index >= 15 is 0 Å². The van der Waals surface area contributed by atoms with Gasteiger partial charge < -0.3 is 10.1 Å². The monoisotopic (exact) mass is 276 g/mol. The molecule has 0 aromatic heterocycles. The molecular weight excluding hydrogens is 260 g/mol. The van der Waals surface area contributed by atoms with E-state index in [0.717, 1.165) is 11.1 Å². The quantitative estimate of drug-likeness (QED) is 0.635. The van der Waals surface area contributed by atoms with Crippen molar-refractivity contribution in [2.75, 3.05) is 13.7 Å². The Bertz CT molecular complexity index is 538. The first-order chi connectivity index (χ1) is 9.51. The highest BCUT2D eigenvalue weighted by Crippen LogP contribution is 2.05. The smallest absolute Gasteiger partial charge is 0.331 e. The molecule has 1 aromatic carbocycles. The number of nitrogens with one attached hydrogen (secondary N) is 2. The molecule has 2 N–H and O–H groups in total. The van der Waals surface area contributed by atoms with Crippen LogP contribution in [0.25, 0.3) is 6.08 Å². The number of rotatable bonds is 4. The number of urea groups is 1. The van der Waals surface area contributed by atoms with Gasteiger partial charge >= 0.3 is 12.0 Å². The SMILES string of the molecule is CNC(=O)NC(=O)COC(=O)/C=C/c1cccc(C)c1. The Morgan fingerprint density at radius 1 is 1.30 bits per heavy atom. The summed E-state index contributed by atoms with van der Waals surface area (Å²) in [4.78, 5) is 33.3. The van der Waals surface area contributed by atoms with Crippen LogP contribution in [0.2, 0.25) is 0 Å². The van der Waals surface area contributed by atoms with Gasteiger partial charge in [-0.1, -0.05) is 29.8 Å². The molecule has 0 unspecified atom stereocenters. The Morgan fingerprint density at radius 3 is 2.70 bits per heavy atom. The number of benzene rings is 1. The minimum atomic E-state index is -0.693. The van der Waals surface area contributed by atoms with Gasteiger partial charge in [-0.2, -0.15) is 0 Å². The third-order valence-corrected chi connectivity index (χ3v) is 2.28. The molecule has 1 rings (SSSR count). The Morgan fingerprint density at radius 2 is 2.05 bits per heavy atom. The van der Waals surface area contributed by atoms with Crippen molar-refractivity contribution >= 4 is 24.0 Å². The Balaban J connectivity index is 2.40. The lowest BCUT2D eigenvalue weighted by molar-refractivity contribution is -0.143. The summed E-state index contributed by atoms with van der Waals surface area (Å²) in [6, 6.07) is 6.91. The summed E-state index contributed by atoms with van der Waals surface area (Å²) in [5, 5.41) is 4.19. The van der Waals surface area contributed by atoms with Crippen LogP contribution in [0.4, 0.5) is 4.79 Å². The second kappa shape index (κ2) is 7.73. The maximum Gasteiger partial charge on any atom is 0.331 e. The van der Waals surface area contributed by atoms with Gasteiger partial charge in [-0.05, 0) is 18.6 Å². The van der Waals surface area contributed by atoms with Gasteiger partial charge in [-0.3, -0.25) is 10.1 Å². The summed E-state index contributed by atoms with van der Waals surface area (Å²) >= 11 is 0. The minimum absolute atomic E-state index is 0.510. The zero-order chi connectivity index (χ0) is 15.0. The summed E-state index contributed by atoms with van der Waals surface area (Å²) in [6.45, 7) is 1.43. The molecule has 0 bridgehead atoms. The molecule has 106 valence electrons. The molecule has 0 spiro atoms. The molecule has 0 fully saturated rings. The summed E-state index contributed by atoms with van der Waals surface area (Å²) in [5.41, 5.74) is 1.93. The van der Waals surface area contributed by atoms with Crippen molar-refractivity contribution in [2.24, 2.45) is 0 Å². The van der Waals surface area contributed by atoms with E-state index in [1.165, 1.54) is 13.1 Å². The third kappa shape index (κ3) is 5.81. The van der Waals surface area contributed by atoms with Crippen LogP contribution in [-0.4, -0.2) is 31.6 Å². The molecule has 0 atom stereocenters. The Kier molecular flexibility index (Phi) is 5.96. The lowest BCUT2D eigenvalue weighted by Gasteiger charge is -2.03. The minimum Gasteiger partial charge on any atom is -0.452 e. The van der Waals surface area contributed by atoms with E-state index in [0.29, 0.717) is 0 Å². The number of carbonyl (C=O) groups is 3. The van der Waals surface area contributed by atoms with Crippen molar-refractivity contribution in [1.29, 1.82) is 0 Å². The van der Waals surface area contributed by atoms with Crippen molar-refractivity contribution < 1.29 is 19.1 Å². The predicted molar refractivity (Wildman–Crippen MR) is 73.8 cm³/mol. The maximum absolute atomic E-state index is 11.4. The van der Waals surface area contributed by atoms with Crippen LogP contribution in [0.15, 0.2) is 30.3 Å². The third-order valence-electron chi connectivity index (χ3n) is 2.28. The number of carbonyl (C=O) groups excluding carboxylic acids is 3. The number of hydrogen-bond donors (Lipinski definition) is 2. The lowest BCUT2D eigenvalue weighted by atomic mass is 10.1. The number of aryl methyl sites for hydroxylation is 1. The topological polar surface area (TPSA) is 84.5 Å². The van der Waals surface area contributed by atoms with Crippen LogP contribution in [-0.2, 0) is 14.3 Å². The molecule has 0 radical (unpaired) electrons. The zero-order valence-electron chi connectivity index (χ0n) is 11.3. The first kappa shape index (κ1) is 15.4. The molecule has 0 heterocycles. The number of esters is 1. The van der Waals surface area contributed by atoms with Crippen LogP contribution >= 0.6 is 0 Å². The first-order valence-corrected chi connectivity index (χ1v) is 5.94. The van der Waals surface area contributed by atoms with Gasteiger partial charge in [0, 0.05) is 13.1 Å². The number of amides is 3. The fourth-order valence-corrected chi connectivity index (χ4v) is 1.35. The predicted octanol–water partition coefficient (Wildman–Crippen LogP) is 1.01. The largest absolute Gasteiger partial charge is 0.452 e. The van der Waals surface area contributed by atoms with Crippen molar-refractivity contribution in [3.8, 4) is 0 Å². The Hall–Kier alpha value is -2.63. The van der Waals surface area contributed by atoms with E-state index in [1.807, 2.05) is 36.5 Å². The molecule has 20 heavy (non-hydrogen) atoms.